The van der Waals surface area contributed by atoms with Gasteiger partial charge in [-0.1, -0.05) is 18.9 Å². The predicted octanol–water partition coefficient (Wildman–Crippen LogP) is 2.62. The molecule has 1 N–H and O–H groups in total. The second-order valence-corrected chi connectivity index (χ2v) is 4.58. The number of carbonyl (C=O) groups excluding carboxylic acids is 1. The highest BCUT2D eigenvalue weighted by molar-refractivity contribution is 6.40. The molecular weight excluding hydrogens is 232 g/mol. The largest absolute Gasteiger partial charge is 0.496 e. The number of benzene rings is 1. The van der Waals surface area contributed by atoms with Crippen LogP contribution in [0.2, 0.25) is 0 Å². The van der Waals surface area contributed by atoms with Gasteiger partial charge < -0.3 is 9.84 Å². The molecule has 0 unspecified atom stereocenters. The third-order valence-corrected chi connectivity index (χ3v) is 3.49. The summed E-state index contributed by atoms with van der Waals surface area (Å²) in [6, 6.07) is 5.28. The van der Waals surface area contributed by atoms with Gasteiger partial charge in [0.25, 0.3) is 5.78 Å². The topological polar surface area (TPSA) is 63.6 Å². The summed E-state index contributed by atoms with van der Waals surface area (Å²) in [6.45, 7) is 0. The Morgan fingerprint density at radius 1 is 1.28 bits per heavy atom. The maximum absolute atomic E-state index is 11.6. The van der Waals surface area contributed by atoms with Crippen LogP contribution in [0.25, 0.3) is 0 Å². The van der Waals surface area contributed by atoms with Crippen LogP contribution in [0.3, 0.4) is 0 Å². The first-order chi connectivity index (χ1) is 8.63. The van der Waals surface area contributed by atoms with Gasteiger partial charge in [0.15, 0.2) is 0 Å². The molecule has 96 valence electrons. The third-order valence-electron chi connectivity index (χ3n) is 3.49. The van der Waals surface area contributed by atoms with E-state index >= 15 is 0 Å². The van der Waals surface area contributed by atoms with Gasteiger partial charge in [0.1, 0.15) is 5.75 Å². The van der Waals surface area contributed by atoms with Crippen molar-refractivity contribution in [2.45, 2.75) is 31.6 Å². The Hall–Kier alpha value is -1.84. The fourth-order valence-electron chi connectivity index (χ4n) is 2.53. The molecule has 0 amide bonds. The van der Waals surface area contributed by atoms with E-state index in [1.54, 1.807) is 12.1 Å². The number of aliphatic carboxylic acids is 1. The Morgan fingerprint density at radius 2 is 1.94 bits per heavy atom. The number of carbonyl (C=O) groups is 2. The second kappa shape index (κ2) is 5.21. The van der Waals surface area contributed by atoms with E-state index in [0.717, 1.165) is 18.4 Å². The van der Waals surface area contributed by atoms with E-state index in [2.05, 4.69) is 0 Å². The third kappa shape index (κ3) is 2.37. The zero-order valence-corrected chi connectivity index (χ0v) is 10.3. The summed E-state index contributed by atoms with van der Waals surface area (Å²) in [7, 11) is 1.43. The first-order valence-electron chi connectivity index (χ1n) is 6.09. The molecule has 18 heavy (non-hydrogen) atoms. The van der Waals surface area contributed by atoms with Crippen LogP contribution in [0.1, 0.15) is 47.5 Å². The molecule has 1 aromatic carbocycles. The van der Waals surface area contributed by atoms with Crippen LogP contribution in [0.15, 0.2) is 18.2 Å². The van der Waals surface area contributed by atoms with Gasteiger partial charge >= 0.3 is 5.97 Å². The van der Waals surface area contributed by atoms with Crippen molar-refractivity contribution in [1.82, 2.24) is 0 Å². The van der Waals surface area contributed by atoms with Crippen LogP contribution < -0.4 is 4.74 Å². The smallest absolute Gasteiger partial charge is 0.377 e. The molecule has 0 spiro atoms. The fourth-order valence-corrected chi connectivity index (χ4v) is 2.53. The summed E-state index contributed by atoms with van der Waals surface area (Å²) in [6.07, 6.45) is 4.60. The average molecular weight is 248 g/mol. The molecule has 1 fully saturated rings. The van der Waals surface area contributed by atoms with E-state index in [1.165, 1.54) is 20.0 Å². The van der Waals surface area contributed by atoms with Gasteiger partial charge in [0.05, 0.1) is 12.7 Å². The minimum Gasteiger partial charge on any atom is -0.496 e. The average Bonchev–Trinajstić information content (AvgIpc) is 2.90. The number of ketones is 1. The standard InChI is InChI=1S/C14H16O4/c1-18-12-7-6-10(9-4-2-3-5-9)8-11(12)13(15)14(16)17/h6-9H,2-5H2,1H3,(H,16,17). The van der Waals surface area contributed by atoms with Crippen molar-refractivity contribution in [2.24, 2.45) is 0 Å². The Morgan fingerprint density at radius 3 is 2.50 bits per heavy atom. The van der Waals surface area contributed by atoms with Crippen LogP contribution in [0.4, 0.5) is 0 Å². The minimum atomic E-state index is -1.45. The monoisotopic (exact) mass is 248 g/mol. The molecule has 0 saturated heterocycles. The summed E-state index contributed by atoms with van der Waals surface area (Å²) >= 11 is 0. The molecule has 1 saturated carbocycles. The van der Waals surface area contributed by atoms with E-state index in [0.29, 0.717) is 11.7 Å². The van der Waals surface area contributed by atoms with Crippen molar-refractivity contribution in [3.8, 4) is 5.75 Å². The van der Waals surface area contributed by atoms with Gasteiger partial charge in [-0.15, -0.1) is 0 Å². The van der Waals surface area contributed by atoms with Gasteiger partial charge in [-0.3, -0.25) is 4.79 Å². The Labute approximate surface area is 106 Å². The van der Waals surface area contributed by atoms with Crippen molar-refractivity contribution in [1.29, 1.82) is 0 Å². The highest BCUT2D eigenvalue weighted by Gasteiger charge is 2.23. The molecule has 0 radical (unpaired) electrons. The molecule has 0 atom stereocenters. The normalized spacial score (nSPS) is 15.6. The number of methoxy groups -OCH3 is 1. The number of carboxylic acids is 1. The molecule has 2 rings (SSSR count). The Bertz CT molecular complexity index is 473. The molecular formula is C14H16O4. The summed E-state index contributed by atoms with van der Waals surface area (Å²) < 4.78 is 5.05. The maximum Gasteiger partial charge on any atom is 0.377 e. The second-order valence-electron chi connectivity index (χ2n) is 4.58. The van der Waals surface area contributed by atoms with Crippen LogP contribution in [0.5, 0.6) is 5.75 Å². The predicted molar refractivity (Wildman–Crippen MR) is 66.2 cm³/mol. The number of hydrogen-bond acceptors (Lipinski definition) is 3. The number of carboxylic acid groups (broad SMARTS) is 1. The van der Waals surface area contributed by atoms with E-state index in [1.807, 2.05) is 6.07 Å². The van der Waals surface area contributed by atoms with Crippen LogP contribution in [0, 0.1) is 0 Å². The first kappa shape index (κ1) is 12.6. The quantitative estimate of drug-likeness (QED) is 0.657. The van der Waals surface area contributed by atoms with Gasteiger partial charge in [-0.25, -0.2) is 4.79 Å². The molecule has 1 aliphatic rings. The van der Waals surface area contributed by atoms with E-state index in [4.69, 9.17) is 9.84 Å². The molecule has 0 heterocycles. The summed E-state index contributed by atoms with van der Waals surface area (Å²) in [5.74, 6) is -1.59. The molecule has 1 aliphatic carbocycles. The van der Waals surface area contributed by atoms with E-state index in [9.17, 15) is 9.59 Å². The summed E-state index contributed by atoms with van der Waals surface area (Å²) in [5, 5.41) is 8.81. The zero-order valence-electron chi connectivity index (χ0n) is 10.3. The van der Waals surface area contributed by atoms with Crippen molar-refractivity contribution in [2.75, 3.05) is 7.11 Å². The first-order valence-corrected chi connectivity index (χ1v) is 6.09. The Balaban J connectivity index is 2.38. The molecule has 0 aromatic heterocycles. The van der Waals surface area contributed by atoms with Crippen LogP contribution >= 0.6 is 0 Å². The van der Waals surface area contributed by atoms with Crippen molar-refractivity contribution in [3.05, 3.63) is 29.3 Å². The van der Waals surface area contributed by atoms with Crippen LogP contribution in [-0.4, -0.2) is 24.0 Å². The van der Waals surface area contributed by atoms with Gasteiger partial charge in [-0.05, 0) is 36.5 Å². The molecule has 0 bridgehead atoms. The van der Waals surface area contributed by atoms with Gasteiger partial charge in [0, 0.05) is 0 Å². The van der Waals surface area contributed by atoms with Gasteiger partial charge in [-0.2, -0.15) is 0 Å². The molecule has 1 aromatic rings. The zero-order chi connectivity index (χ0) is 13.1. The number of rotatable bonds is 4. The maximum atomic E-state index is 11.6. The molecule has 0 aliphatic heterocycles. The Kier molecular flexibility index (Phi) is 3.65. The van der Waals surface area contributed by atoms with Crippen molar-refractivity contribution >= 4 is 11.8 Å². The van der Waals surface area contributed by atoms with Crippen LogP contribution in [-0.2, 0) is 4.79 Å². The van der Waals surface area contributed by atoms with E-state index < -0.39 is 11.8 Å². The van der Waals surface area contributed by atoms with E-state index in [-0.39, 0.29) is 5.56 Å². The summed E-state index contributed by atoms with van der Waals surface area (Å²) in [5.41, 5.74) is 1.19. The fraction of sp³-hybridized carbons (Fsp3) is 0.429. The highest BCUT2D eigenvalue weighted by Crippen LogP contribution is 2.35. The van der Waals surface area contributed by atoms with Crippen molar-refractivity contribution in [3.63, 3.8) is 0 Å². The number of Topliss-reactive ketones (excluding diaryl/α,β-unsaturated/α-hetero) is 1. The molecule has 4 heteroatoms. The number of hydrogen-bond donors (Lipinski definition) is 1. The lowest BCUT2D eigenvalue weighted by Gasteiger charge is -2.13. The lowest BCUT2D eigenvalue weighted by atomic mass is 9.94. The van der Waals surface area contributed by atoms with Gasteiger partial charge in [0.2, 0.25) is 0 Å². The highest BCUT2D eigenvalue weighted by atomic mass is 16.5. The lowest BCUT2D eigenvalue weighted by molar-refractivity contribution is -0.131. The summed E-state index contributed by atoms with van der Waals surface area (Å²) in [4.78, 5) is 22.4. The molecule has 4 nitrogen and oxygen atoms in total. The number of ether oxygens (including phenoxy) is 1. The minimum absolute atomic E-state index is 0.148. The van der Waals surface area contributed by atoms with Crippen molar-refractivity contribution < 1.29 is 19.4 Å². The lowest BCUT2D eigenvalue weighted by Crippen LogP contribution is -2.14. The SMILES string of the molecule is COc1ccc(C2CCCC2)cc1C(=O)C(=O)O.